The van der Waals surface area contributed by atoms with Crippen molar-refractivity contribution in [2.75, 3.05) is 25.1 Å². The van der Waals surface area contributed by atoms with Gasteiger partial charge < -0.3 is 20.1 Å². The number of ether oxygens (including phenoxy) is 1. The predicted octanol–water partition coefficient (Wildman–Crippen LogP) is 3.27. The van der Waals surface area contributed by atoms with Gasteiger partial charge in [0, 0.05) is 29.8 Å². The SMILES string of the molecule is CCOC(=O)[C@H]1[C@H]2C(=O)N(CCCCCO)[C@H](C(=O)Nc3ccc(Cl)cc3)[C@H]2C=C[C@H]1C. The number of nitrogens with one attached hydrogen (secondary N) is 1. The number of amides is 2. The molecule has 1 fully saturated rings. The lowest BCUT2D eigenvalue weighted by Gasteiger charge is -2.32. The number of benzene rings is 1. The summed E-state index contributed by atoms with van der Waals surface area (Å²) in [5, 5.41) is 12.5. The van der Waals surface area contributed by atoms with E-state index >= 15 is 0 Å². The molecule has 3 rings (SSSR count). The summed E-state index contributed by atoms with van der Waals surface area (Å²) in [5.41, 5.74) is 0.589. The second kappa shape index (κ2) is 11.0. The summed E-state index contributed by atoms with van der Waals surface area (Å²) >= 11 is 5.94. The summed E-state index contributed by atoms with van der Waals surface area (Å²) in [6, 6.07) is 6.06. The van der Waals surface area contributed by atoms with Gasteiger partial charge in [-0.15, -0.1) is 0 Å². The number of fused-ring (bicyclic) bond motifs is 1. The number of esters is 1. The standard InChI is InChI=1S/C24H31ClN2O5/c1-3-32-24(31)19-15(2)7-12-18-20(19)23(30)27(13-5-4-6-14-28)21(18)22(29)26-17-10-8-16(25)9-11-17/h7-12,15,18-21,28H,3-6,13-14H2,1-2H3,(H,26,29)/t15-,18+,19-,20+,21+/m1/s1. The Balaban J connectivity index is 1.89. The number of likely N-dealkylation sites (tertiary alicyclic amines) is 1. The Labute approximate surface area is 193 Å². The zero-order valence-electron chi connectivity index (χ0n) is 18.5. The number of aliphatic hydroxyl groups excluding tert-OH is 1. The fourth-order valence-corrected chi connectivity index (χ4v) is 4.88. The van der Waals surface area contributed by atoms with Crippen LogP contribution >= 0.6 is 11.6 Å². The predicted molar refractivity (Wildman–Crippen MR) is 122 cm³/mol. The van der Waals surface area contributed by atoms with Gasteiger partial charge in [-0.05, 0) is 56.4 Å². The quantitative estimate of drug-likeness (QED) is 0.333. The molecule has 0 saturated carbocycles. The number of rotatable bonds is 9. The van der Waals surface area contributed by atoms with Crippen molar-refractivity contribution < 1.29 is 24.2 Å². The number of aliphatic hydroxyl groups is 1. The molecule has 2 N–H and O–H groups in total. The van der Waals surface area contributed by atoms with Gasteiger partial charge in [0.25, 0.3) is 0 Å². The molecule has 7 nitrogen and oxygen atoms in total. The molecule has 0 spiro atoms. The van der Waals surface area contributed by atoms with E-state index in [-0.39, 0.29) is 30.9 Å². The van der Waals surface area contributed by atoms with E-state index in [1.165, 1.54) is 0 Å². The number of hydrogen-bond acceptors (Lipinski definition) is 5. The molecule has 0 radical (unpaired) electrons. The van der Waals surface area contributed by atoms with E-state index in [9.17, 15) is 14.4 Å². The molecule has 2 aliphatic rings. The first kappa shape index (κ1) is 24.3. The van der Waals surface area contributed by atoms with Crippen LogP contribution in [0.3, 0.4) is 0 Å². The number of hydrogen-bond donors (Lipinski definition) is 2. The first-order valence-corrected chi connectivity index (χ1v) is 11.6. The highest BCUT2D eigenvalue weighted by Crippen LogP contribution is 2.44. The molecule has 174 valence electrons. The van der Waals surface area contributed by atoms with Crippen LogP contribution in [0.5, 0.6) is 0 Å². The average Bonchev–Trinajstić information content (AvgIpc) is 3.04. The van der Waals surface area contributed by atoms with E-state index in [0.29, 0.717) is 30.1 Å². The van der Waals surface area contributed by atoms with Crippen LogP contribution in [0.4, 0.5) is 5.69 Å². The third kappa shape index (κ3) is 5.15. The second-order valence-corrected chi connectivity index (χ2v) is 8.82. The van der Waals surface area contributed by atoms with Gasteiger partial charge in [0.05, 0.1) is 18.4 Å². The summed E-state index contributed by atoms with van der Waals surface area (Å²) in [4.78, 5) is 41.2. The van der Waals surface area contributed by atoms with Gasteiger partial charge in [-0.25, -0.2) is 0 Å². The van der Waals surface area contributed by atoms with Gasteiger partial charge in [-0.3, -0.25) is 14.4 Å². The molecule has 1 aromatic carbocycles. The van der Waals surface area contributed by atoms with Crippen LogP contribution in [0, 0.1) is 23.7 Å². The summed E-state index contributed by atoms with van der Waals surface area (Å²) in [5.74, 6) is -2.71. The molecular weight excluding hydrogens is 432 g/mol. The number of carbonyl (C=O) groups is 3. The molecule has 0 bridgehead atoms. The summed E-state index contributed by atoms with van der Waals surface area (Å²) in [7, 11) is 0. The van der Waals surface area contributed by atoms with Gasteiger partial charge in [0.15, 0.2) is 0 Å². The summed E-state index contributed by atoms with van der Waals surface area (Å²) in [6.45, 7) is 4.36. The molecular formula is C24H31ClN2O5. The average molecular weight is 463 g/mol. The third-order valence-electron chi connectivity index (χ3n) is 6.27. The molecule has 1 aliphatic carbocycles. The molecule has 0 unspecified atom stereocenters. The van der Waals surface area contributed by atoms with Crippen molar-refractivity contribution in [3.8, 4) is 0 Å². The van der Waals surface area contributed by atoms with Crippen molar-refractivity contribution in [2.24, 2.45) is 23.7 Å². The second-order valence-electron chi connectivity index (χ2n) is 8.38. The number of halogens is 1. The monoisotopic (exact) mass is 462 g/mol. The minimum Gasteiger partial charge on any atom is -0.466 e. The molecule has 1 saturated heterocycles. The van der Waals surface area contributed by atoms with Crippen LogP contribution in [0.25, 0.3) is 0 Å². The van der Waals surface area contributed by atoms with Crippen molar-refractivity contribution in [1.29, 1.82) is 0 Å². The molecule has 1 aromatic rings. The minimum absolute atomic E-state index is 0.0882. The maximum Gasteiger partial charge on any atom is 0.310 e. The fraction of sp³-hybridized carbons (Fsp3) is 0.542. The van der Waals surface area contributed by atoms with Gasteiger partial charge in [-0.2, -0.15) is 0 Å². The molecule has 8 heteroatoms. The van der Waals surface area contributed by atoms with Crippen molar-refractivity contribution in [3.05, 3.63) is 41.4 Å². The van der Waals surface area contributed by atoms with E-state index in [0.717, 1.165) is 6.42 Å². The maximum absolute atomic E-state index is 13.5. The van der Waals surface area contributed by atoms with Crippen molar-refractivity contribution in [3.63, 3.8) is 0 Å². The molecule has 32 heavy (non-hydrogen) atoms. The summed E-state index contributed by atoms with van der Waals surface area (Å²) in [6.07, 6.45) is 5.87. The van der Waals surface area contributed by atoms with E-state index in [4.69, 9.17) is 21.4 Å². The Morgan fingerprint density at radius 3 is 2.53 bits per heavy atom. The van der Waals surface area contributed by atoms with Crippen LogP contribution in [-0.4, -0.2) is 53.6 Å². The zero-order valence-corrected chi connectivity index (χ0v) is 19.3. The number of carbonyl (C=O) groups excluding carboxylic acids is 3. The highest BCUT2D eigenvalue weighted by atomic mass is 35.5. The summed E-state index contributed by atoms with van der Waals surface area (Å²) < 4.78 is 5.27. The van der Waals surface area contributed by atoms with Gasteiger partial charge in [0.2, 0.25) is 11.8 Å². The lowest BCUT2D eigenvalue weighted by molar-refractivity contribution is -0.155. The van der Waals surface area contributed by atoms with E-state index in [1.807, 2.05) is 19.1 Å². The fourth-order valence-electron chi connectivity index (χ4n) is 4.75. The molecule has 5 atom stereocenters. The Kier molecular flexibility index (Phi) is 8.32. The van der Waals surface area contributed by atoms with Crippen molar-refractivity contribution in [2.45, 2.75) is 39.2 Å². The molecule has 0 aromatic heterocycles. The first-order valence-electron chi connectivity index (χ1n) is 11.2. The van der Waals surface area contributed by atoms with E-state index in [1.54, 1.807) is 36.1 Å². The molecule has 2 amide bonds. The van der Waals surface area contributed by atoms with Crippen molar-refractivity contribution in [1.82, 2.24) is 4.90 Å². The Bertz CT molecular complexity index is 856. The largest absolute Gasteiger partial charge is 0.466 e. The van der Waals surface area contributed by atoms with E-state index < -0.39 is 29.8 Å². The normalized spacial score (nSPS) is 26.7. The van der Waals surface area contributed by atoms with E-state index in [2.05, 4.69) is 5.32 Å². The zero-order chi connectivity index (χ0) is 23.3. The number of allylic oxidation sites excluding steroid dienone is 1. The Morgan fingerprint density at radius 2 is 1.88 bits per heavy atom. The smallest absolute Gasteiger partial charge is 0.310 e. The van der Waals surface area contributed by atoms with Crippen LogP contribution in [-0.2, 0) is 19.1 Å². The van der Waals surface area contributed by atoms with Gasteiger partial charge >= 0.3 is 5.97 Å². The topological polar surface area (TPSA) is 95.9 Å². The lowest BCUT2D eigenvalue weighted by atomic mass is 9.70. The third-order valence-corrected chi connectivity index (χ3v) is 6.52. The Morgan fingerprint density at radius 1 is 1.16 bits per heavy atom. The highest BCUT2D eigenvalue weighted by molar-refractivity contribution is 6.30. The number of nitrogens with zero attached hydrogens (tertiary/aromatic N) is 1. The highest BCUT2D eigenvalue weighted by Gasteiger charge is 2.56. The number of anilines is 1. The minimum atomic E-state index is -0.724. The van der Waals surface area contributed by atoms with Crippen LogP contribution in [0.1, 0.15) is 33.1 Å². The lowest BCUT2D eigenvalue weighted by Crippen LogP contribution is -2.44. The van der Waals surface area contributed by atoms with Crippen LogP contribution in [0.15, 0.2) is 36.4 Å². The maximum atomic E-state index is 13.5. The van der Waals surface area contributed by atoms with Crippen LogP contribution in [0.2, 0.25) is 5.02 Å². The van der Waals surface area contributed by atoms with Gasteiger partial charge in [-0.1, -0.05) is 30.7 Å². The first-order chi connectivity index (χ1) is 15.4. The Hall–Kier alpha value is -2.38. The van der Waals surface area contributed by atoms with Crippen LogP contribution < -0.4 is 5.32 Å². The van der Waals surface area contributed by atoms with Gasteiger partial charge in [0.1, 0.15) is 6.04 Å². The number of unbranched alkanes of at least 4 members (excludes halogenated alkanes) is 2. The molecule has 1 aliphatic heterocycles. The van der Waals surface area contributed by atoms with Crippen molar-refractivity contribution >= 4 is 35.1 Å². The molecule has 1 heterocycles.